The van der Waals surface area contributed by atoms with Crippen LogP contribution < -0.4 is 5.32 Å². The minimum absolute atomic E-state index is 0.113. The van der Waals surface area contributed by atoms with Crippen LogP contribution in [0.4, 0.5) is 5.95 Å². The van der Waals surface area contributed by atoms with Crippen LogP contribution in [0.15, 0.2) is 0 Å². The van der Waals surface area contributed by atoms with Gasteiger partial charge in [0.25, 0.3) is 5.91 Å². The third kappa shape index (κ3) is 2.99. The van der Waals surface area contributed by atoms with Crippen LogP contribution in [0.5, 0.6) is 0 Å². The summed E-state index contributed by atoms with van der Waals surface area (Å²) in [6, 6.07) is 0. The molecule has 1 aliphatic carbocycles. The molecule has 1 amide bonds. The van der Waals surface area contributed by atoms with E-state index in [-0.39, 0.29) is 17.7 Å². The number of carbonyl (C=O) groups excluding carboxylic acids is 1. The van der Waals surface area contributed by atoms with Gasteiger partial charge in [-0.3, -0.25) is 4.79 Å². The number of fused-ring (bicyclic) bond motifs is 1. The van der Waals surface area contributed by atoms with E-state index in [9.17, 15) is 13.2 Å². The largest absolute Gasteiger partial charge is 0.357 e. The average molecular weight is 365 g/mol. The van der Waals surface area contributed by atoms with Crippen LogP contribution >= 0.6 is 0 Å². The third-order valence-corrected chi connectivity index (χ3v) is 7.50. The first-order valence-corrected chi connectivity index (χ1v) is 10.4. The molecular formula is C16H23N5O3S. The number of likely N-dealkylation sites (tertiary alicyclic amines) is 1. The molecular weight excluding hydrogens is 342 g/mol. The minimum atomic E-state index is -3.27. The van der Waals surface area contributed by atoms with Crippen LogP contribution in [-0.4, -0.2) is 65.4 Å². The van der Waals surface area contributed by atoms with Gasteiger partial charge in [-0.2, -0.15) is 4.31 Å². The molecule has 1 N–H and O–H groups in total. The van der Waals surface area contributed by atoms with E-state index in [0.29, 0.717) is 30.2 Å². The lowest BCUT2D eigenvalue weighted by molar-refractivity contribution is 0.0784. The number of sulfonamides is 1. The Morgan fingerprint density at radius 2 is 1.88 bits per heavy atom. The predicted octanol–water partition coefficient (Wildman–Crippen LogP) is 0.605. The maximum Gasteiger partial charge on any atom is 0.273 e. The molecule has 0 aromatic carbocycles. The molecule has 3 heterocycles. The Morgan fingerprint density at radius 1 is 1.16 bits per heavy atom. The first-order chi connectivity index (χ1) is 12.0. The highest BCUT2D eigenvalue weighted by Gasteiger charge is 2.42. The van der Waals surface area contributed by atoms with Gasteiger partial charge >= 0.3 is 0 Å². The summed E-state index contributed by atoms with van der Waals surface area (Å²) in [6.07, 6.45) is 3.99. The Balaban J connectivity index is 1.70. The Kier molecular flexibility index (Phi) is 4.15. The van der Waals surface area contributed by atoms with Crippen molar-refractivity contribution < 1.29 is 13.2 Å². The molecule has 0 unspecified atom stereocenters. The van der Waals surface area contributed by atoms with Crippen LogP contribution in [0.1, 0.15) is 47.4 Å². The Bertz CT molecular complexity index is 800. The molecule has 136 valence electrons. The van der Waals surface area contributed by atoms with Gasteiger partial charge in [0, 0.05) is 45.2 Å². The molecule has 0 bridgehead atoms. The minimum Gasteiger partial charge on any atom is -0.357 e. The quantitative estimate of drug-likeness (QED) is 0.840. The number of carbonyl (C=O) groups is 1. The highest BCUT2D eigenvalue weighted by molar-refractivity contribution is 7.90. The molecule has 25 heavy (non-hydrogen) atoms. The van der Waals surface area contributed by atoms with Crippen LogP contribution in [-0.2, 0) is 23.0 Å². The molecule has 0 radical (unpaired) electrons. The van der Waals surface area contributed by atoms with Crippen molar-refractivity contribution in [2.75, 3.05) is 32.0 Å². The molecule has 4 rings (SSSR count). The van der Waals surface area contributed by atoms with E-state index in [1.54, 1.807) is 11.9 Å². The standard InChI is InChI=1S/C16H23N5O3S/c1-17-16-18-13-6-9-21(25(23,24)11-4-5-11)10-12(13)14(19-16)15(22)20-7-2-3-8-20/h11H,2-10H2,1H3,(H,17,18,19). The SMILES string of the molecule is CNc1nc2c(c(C(=O)N3CCCC3)n1)CN(S(=O)(=O)C1CC1)CC2. The maximum absolute atomic E-state index is 12.9. The zero-order valence-electron chi connectivity index (χ0n) is 14.4. The fourth-order valence-electron chi connectivity index (χ4n) is 3.54. The van der Waals surface area contributed by atoms with Gasteiger partial charge in [0.1, 0.15) is 5.69 Å². The summed E-state index contributed by atoms with van der Waals surface area (Å²) in [5, 5.41) is 2.66. The van der Waals surface area contributed by atoms with Gasteiger partial charge in [0.2, 0.25) is 16.0 Å². The van der Waals surface area contributed by atoms with Crippen molar-refractivity contribution in [1.29, 1.82) is 0 Å². The number of hydrogen-bond donors (Lipinski definition) is 1. The Hall–Kier alpha value is -1.74. The average Bonchev–Trinajstić information content (AvgIpc) is 3.35. The molecule has 1 aromatic heterocycles. The third-order valence-electron chi connectivity index (χ3n) is 5.15. The number of hydrogen-bond acceptors (Lipinski definition) is 6. The summed E-state index contributed by atoms with van der Waals surface area (Å²) in [6.45, 7) is 2.09. The van der Waals surface area contributed by atoms with Gasteiger partial charge in [-0.05, 0) is 25.7 Å². The van der Waals surface area contributed by atoms with Gasteiger partial charge in [-0.25, -0.2) is 18.4 Å². The number of anilines is 1. The predicted molar refractivity (Wildman–Crippen MR) is 92.8 cm³/mol. The van der Waals surface area contributed by atoms with E-state index in [2.05, 4.69) is 15.3 Å². The lowest BCUT2D eigenvalue weighted by Crippen LogP contribution is -2.40. The van der Waals surface area contributed by atoms with Gasteiger partial charge < -0.3 is 10.2 Å². The highest BCUT2D eigenvalue weighted by atomic mass is 32.2. The number of nitrogens with zero attached hydrogens (tertiary/aromatic N) is 4. The van der Waals surface area contributed by atoms with Crippen molar-refractivity contribution in [2.45, 2.75) is 43.9 Å². The maximum atomic E-state index is 12.9. The van der Waals surface area contributed by atoms with Crippen LogP contribution in [0, 0.1) is 0 Å². The normalized spacial score (nSPS) is 21.2. The van der Waals surface area contributed by atoms with E-state index in [1.807, 2.05) is 0 Å². The van der Waals surface area contributed by atoms with Gasteiger partial charge in [-0.1, -0.05) is 0 Å². The second-order valence-corrected chi connectivity index (χ2v) is 9.11. The summed E-state index contributed by atoms with van der Waals surface area (Å²) in [5.41, 5.74) is 1.81. The molecule has 3 aliphatic rings. The summed E-state index contributed by atoms with van der Waals surface area (Å²) < 4.78 is 26.7. The Morgan fingerprint density at radius 3 is 2.52 bits per heavy atom. The van der Waals surface area contributed by atoms with Crippen LogP contribution in [0.3, 0.4) is 0 Å². The fraction of sp³-hybridized carbons (Fsp3) is 0.688. The summed E-state index contributed by atoms with van der Waals surface area (Å²) in [5.74, 6) is 0.304. The molecule has 1 aromatic rings. The molecule has 1 saturated carbocycles. The first kappa shape index (κ1) is 16.7. The number of nitrogens with one attached hydrogen (secondary N) is 1. The zero-order valence-corrected chi connectivity index (χ0v) is 15.2. The molecule has 0 atom stereocenters. The van der Waals surface area contributed by atoms with Gasteiger partial charge in [0.05, 0.1) is 10.9 Å². The first-order valence-electron chi connectivity index (χ1n) is 8.86. The zero-order chi connectivity index (χ0) is 17.6. The molecule has 1 saturated heterocycles. The lowest BCUT2D eigenvalue weighted by atomic mass is 10.0. The lowest BCUT2D eigenvalue weighted by Gasteiger charge is -2.29. The summed E-state index contributed by atoms with van der Waals surface area (Å²) in [7, 11) is -1.55. The van der Waals surface area contributed by atoms with Crippen molar-refractivity contribution in [3.8, 4) is 0 Å². The summed E-state index contributed by atoms with van der Waals surface area (Å²) >= 11 is 0. The smallest absolute Gasteiger partial charge is 0.273 e. The Labute approximate surface area is 147 Å². The van der Waals surface area contributed by atoms with E-state index in [0.717, 1.165) is 44.5 Å². The second-order valence-electron chi connectivity index (χ2n) is 6.90. The molecule has 2 fully saturated rings. The number of aromatic nitrogens is 2. The van der Waals surface area contributed by atoms with Crippen molar-refractivity contribution in [1.82, 2.24) is 19.2 Å². The monoisotopic (exact) mass is 365 g/mol. The molecule has 8 nitrogen and oxygen atoms in total. The van der Waals surface area contributed by atoms with Crippen LogP contribution in [0.25, 0.3) is 0 Å². The van der Waals surface area contributed by atoms with E-state index < -0.39 is 10.0 Å². The van der Waals surface area contributed by atoms with Crippen molar-refractivity contribution >= 4 is 21.9 Å². The summed E-state index contributed by atoms with van der Waals surface area (Å²) in [4.78, 5) is 23.6. The molecule has 9 heteroatoms. The van der Waals surface area contributed by atoms with E-state index in [4.69, 9.17) is 0 Å². The number of rotatable bonds is 4. The number of amides is 1. The van der Waals surface area contributed by atoms with Crippen molar-refractivity contribution in [3.05, 3.63) is 17.0 Å². The fourth-order valence-corrected chi connectivity index (χ4v) is 5.35. The highest BCUT2D eigenvalue weighted by Crippen LogP contribution is 2.34. The topological polar surface area (TPSA) is 95.5 Å². The van der Waals surface area contributed by atoms with Crippen molar-refractivity contribution in [2.24, 2.45) is 0 Å². The van der Waals surface area contributed by atoms with E-state index >= 15 is 0 Å². The second kappa shape index (κ2) is 6.21. The van der Waals surface area contributed by atoms with E-state index in [1.165, 1.54) is 4.31 Å². The van der Waals surface area contributed by atoms with Gasteiger partial charge in [0.15, 0.2) is 0 Å². The molecule has 0 spiro atoms. The van der Waals surface area contributed by atoms with Gasteiger partial charge in [-0.15, -0.1) is 0 Å². The van der Waals surface area contributed by atoms with Crippen molar-refractivity contribution in [3.63, 3.8) is 0 Å². The molecule has 2 aliphatic heterocycles. The van der Waals surface area contributed by atoms with Crippen LogP contribution in [0.2, 0.25) is 0 Å².